The van der Waals surface area contributed by atoms with E-state index in [2.05, 4.69) is 25.1 Å². The molecule has 0 bridgehead atoms. The van der Waals surface area contributed by atoms with E-state index >= 15 is 0 Å². The highest BCUT2D eigenvalue weighted by Gasteiger charge is 2.54. The first-order valence-corrected chi connectivity index (χ1v) is 9.18. The summed E-state index contributed by atoms with van der Waals surface area (Å²) < 4.78 is 5.57. The summed E-state index contributed by atoms with van der Waals surface area (Å²) in [5.74, 6) is 2.97. The highest BCUT2D eigenvalue weighted by Crippen LogP contribution is 2.60. The molecule has 3 aliphatic rings. The standard InChI is InChI=1S/C20H28O3/c1-20-9-8-16-15-5-3-14(23-11-10-21)12-13(15)2-4-17(16)18(20)6-7-19(20)22/h3,5,12,16-19,21-22H,2,4,6-11H2,1H3/t16-,17?,18+,19+,20+/m1/s1. The molecule has 0 aliphatic heterocycles. The maximum Gasteiger partial charge on any atom is 0.119 e. The van der Waals surface area contributed by atoms with E-state index in [0.717, 1.165) is 30.9 Å². The van der Waals surface area contributed by atoms with Crippen LogP contribution >= 0.6 is 0 Å². The minimum absolute atomic E-state index is 0.0599. The van der Waals surface area contributed by atoms with Crippen LogP contribution in [0.4, 0.5) is 0 Å². The van der Waals surface area contributed by atoms with E-state index in [0.29, 0.717) is 18.4 Å². The van der Waals surface area contributed by atoms with Crippen molar-refractivity contribution in [2.45, 2.75) is 57.5 Å². The number of rotatable bonds is 3. The van der Waals surface area contributed by atoms with Crippen LogP contribution in [0.3, 0.4) is 0 Å². The summed E-state index contributed by atoms with van der Waals surface area (Å²) in [6.07, 6.45) is 6.82. The lowest BCUT2D eigenvalue weighted by atomic mass is 9.55. The Morgan fingerprint density at radius 1 is 1.22 bits per heavy atom. The van der Waals surface area contributed by atoms with Crippen LogP contribution in [-0.4, -0.2) is 29.5 Å². The van der Waals surface area contributed by atoms with Crippen LogP contribution in [0.2, 0.25) is 0 Å². The summed E-state index contributed by atoms with van der Waals surface area (Å²) in [6.45, 7) is 2.75. The van der Waals surface area contributed by atoms with Crippen molar-refractivity contribution >= 4 is 0 Å². The van der Waals surface area contributed by atoms with Crippen LogP contribution in [-0.2, 0) is 6.42 Å². The van der Waals surface area contributed by atoms with Crippen LogP contribution in [0, 0.1) is 17.3 Å². The van der Waals surface area contributed by atoms with E-state index in [4.69, 9.17) is 9.84 Å². The SMILES string of the molecule is C[C@]12CC[C@@H]3c4ccc(OCCO)cc4CCC3[C@@H]1CC[C@@H]2O. The number of aliphatic hydroxyl groups is 2. The predicted molar refractivity (Wildman–Crippen MR) is 89.6 cm³/mol. The zero-order chi connectivity index (χ0) is 16.0. The predicted octanol–water partition coefficient (Wildman–Crippen LogP) is 3.27. The molecule has 3 nitrogen and oxygen atoms in total. The van der Waals surface area contributed by atoms with Gasteiger partial charge in [0, 0.05) is 0 Å². The lowest BCUT2D eigenvalue weighted by Gasteiger charge is -2.50. The summed E-state index contributed by atoms with van der Waals surface area (Å²) in [5, 5.41) is 19.4. The third-order valence-corrected chi connectivity index (χ3v) is 7.01. The molecule has 0 saturated heterocycles. The molecule has 2 N–H and O–H groups in total. The molecule has 1 aromatic carbocycles. The van der Waals surface area contributed by atoms with Crippen LogP contribution in [0.5, 0.6) is 5.75 Å². The molecule has 1 unspecified atom stereocenters. The van der Waals surface area contributed by atoms with E-state index in [1.807, 2.05) is 0 Å². The maximum absolute atomic E-state index is 10.5. The summed E-state index contributed by atoms with van der Waals surface area (Å²) in [6, 6.07) is 6.50. The molecule has 4 rings (SSSR count). The van der Waals surface area contributed by atoms with Crippen molar-refractivity contribution in [3.05, 3.63) is 29.3 Å². The van der Waals surface area contributed by atoms with Gasteiger partial charge >= 0.3 is 0 Å². The Balaban J connectivity index is 1.60. The third kappa shape index (κ3) is 2.40. The van der Waals surface area contributed by atoms with Crippen LogP contribution < -0.4 is 4.74 Å². The van der Waals surface area contributed by atoms with Crippen molar-refractivity contribution in [1.82, 2.24) is 0 Å². The lowest BCUT2D eigenvalue weighted by Crippen LogP contribution is -2.43. The quantitative estimate of drug-likeness (QED) is 0.900. The molecule has 3 heteroatoms. The third-order valence-electron chi connectivity index (χ3n) is 7.01. The van der Waals surface area contributed by atoms with Gasteiger partial charge in [0.25, 0.3) is 0 Å². The highest BCUT2D eigenvalue weighted by atomic mass is 16.5. The van der Waals surface area contributed by atoms with E-state index in [1.165, 1.54) is 30.4 Å². The number of fused-ring (bicyclic) bond motifs is 5. The second kappa shape index (κ2) is 5.78. The number of aryl methyl sites for hydroxylation is 1. The molecule has 0 radical (unpaired) electrons. The molecule has 5 atom stereocenters. The van der Waals surface area contributed by atoms with Crippen LogP contribution in [0.25, 0.3) is 0 Å². The van der Waals surface area contributed by atoms with Crippen molar-refractivity contribution in [2.75, 3.05) is 13.2 Å². The lowest BCUT2D eigenvalue weighted by molar-refractivity contribution is -0.0226. The van der Waals surface area contributed by atoms with Gasteiger partial charge in [-0.05, 0) is 85.0 Å². The second-order valence-corrected chi connectivity index (χ2v) is 7.99. The average molecular weight is 316 g/mol. The van der Waals surface area contributed by atoms with Crippen LogP contribution in [0.15, 0.2) is 18.2 Å². The van der Waals surface area contributed by atoms with Crippen molar-refractivity contribution < 1.29 is 14.9 Å². The second-order valence-electron chi connectivity index (χ2n) is 7.99. The molecule has 2 saturated carbocycles. The Morgan fingerprint density at radius 2 is 2.09 bits per heavy atom. The van der Waals surface area contributed by atoms with Gasteiger partial charge in [-0.3, -0.25) is 0 Å². The first kappa shape index (κ1) is 15.5. The van der Waals surface area contributed by atoms with E-state index in [9.17, 15) is 5.11 Å². The van der Waals surface area contributed by atoms with Gasteiger partial charge in [-0.1, -0.05) is 13.0 Å². The van der Waals surface area contributed by atoms with Gasteiger partial charge in [0.1, 0.15) is 12.4 Å². The van der Waals surface area contributed by atoms with E-state index in [-0.39, 0.29) is 18.1 Å². The average Bonchev–Trinajstić information content (AvgIpc) is 2.88. The van der Waals surface area contributed by atoms with Gasteiger partial charge in [-0.25, -0.2) is 0 Å². The van der Waals surface area contributed by atoms with E-state index < -0.39 is 0 Å². The molecule has 23 heavy (non-hydrogen) atoms. The molecule has 2 fully saturated rings. The van der Waals surface area contributed by atoms with Gasteiger partial charge in [0.15, 0.2) is 0 Å². The van der Waals surface area contributed by atoms with Crippen molar-refractivity contribution in [3.8, 4) is 5.75 Å². The fraction of sp³-hybridized carbons (Fsp3) is 0.700. The molecule has 126 valence electrons. The molecular weight excluding hydrogens is 288 g/mol. The van der Waals surface area contributed by atoms with Gasteiger partial charge in [-0.15, -0.1) is 0 Å². The fourth-order valence-corrected chi connectivity index (χ4v) is 5.78. The minimum Gasteiger partial charge on any atom is -0.491 e. The van der Waals surface area contributed by atoms with Crippen LogP contribution in [0.1, 0.15) is 56.1 Å². The first-order valence-electron chi connectivity index (χ1n) is 9.18. The normalized spacial score (nSPS) is 38.6. The maximum atomic E-state index is 10.5. The number of benzene rings is 1. The Kier molecular flexibility index (Phi) is 3.89. The molecule has 3 aliphatic carbocycles. The fourth-order valence-electron chi connectivity index (χ4n) is 5.78. The van der Waals surface area contributed by atoms with Crippen molar-refractivity contribution in [1.29, 1.82) is 0 Å². The van der Waals surface area contributed by atoms with Gasteiger partial charge in [0.05, 0.1) is 12.7 Å². The van der Waals surface area contributed by atoms with Crippen molar-refractivity contribution in [2.24, 2.45) is 17.3 Å². The molecule has 0 spiro atoms. The topological polar surface area (TPSA) is 49.7 Å². The molecule has 0 amide bonds. The summed E-state index contributed by atoms with van der Waals surface area (Å²) >= 11 is 0. The number of ether oxygens (including phenoxy) is 1. The smallest absolute Gasteiger partial charge is 0.119 e. The number of hydrogen-bond donors (Lipinski definition) is 2. The minimum atomic E-state index is -0.0934. The largest absolute Gasteiger partial charge is 0.491 e. The van der Waals surface area contributed by atoms with E-state index in [1.54, 1.807) is 0 Å². The highest BCUT2D eigenvalue weighted by molar-refractivity contribution is 5.40. The first-order chi connectivity index (χ1) is 11.1. The zero-order valence-electron chi connectivity index (χ0n) is 14.0. The van der Waals surface area contributed by atoms with Gasteiger partial charge in [0.2, 0.25) is 0 Å². The van der Waals surface area contributed by atoms with Gasteiger partial charge in [-0.2, -0.15) is 0 Å². The zero-order valence-corrected chi connectivity index (χ0v) is 14.0. The molecule has 0 heterocycles. The Hall–Kier alpha value is -1.06. The molecule has 1 aromatic rings. The number of hydrogen-bond acceptors (Lipinski definition) is 3. The molecule has 0 aromatic heterocycles. The Morgan fingerprint density at radius 3 is 2.91 bits per heavy atom. The summed E-state index contributed by atoms with van der Waals surface area (Å²) in [7, 11) is 0. The van der Waals surface area contributed by atoms with Crippen molar-refractivity contribution in [3.63, 3.8) is 0 Å². The summed E-state index contributed by atoms with van der Waals surface area (Å²) in [4.78, 5) is 0. The summed E-state index contributed by atoms with van der Waals surface area (Å²) in [5.41, 5.74) is 3.10. The van der Waals surface area contributed by atoms with Gasteiger partial charge < -0.3 is 14.9 Å². The monoisotopic (exact) mass is 316 g/mol. The number of aliphatic hydroxyl groups excluding tert-OH is 2. The Labute approximate surface area is 138 Å². The molecular formula is C20H28O3. The Bertz CT molecular complexity index is 584.